The number of rotatable bonds is 3. The van der Waals surface area contributed by atoms with Crippen LogP contribution in [-0.4, -0.2) is 20.7 Å². The van der Waals surface area contributed by atoms with Gasteiger partial charge in [0.25, 0.3) is 0 Å². The lowest BCUT2D eigenvalue weighted by Gasteiger charge is -2.02. The van der Waals surface area contributed by atoms with Crippen molar-refractivity contribution < 1.29 is 15.0 Å². The molecular formula is C13H15NO3. The van der Waals surface area contributed by atoms with E-state index in [4.69, 9.17) is 5.11 Å². The van der Waals surface area contributed by atoms with Crippen molar-refractivity contribution in [1.29, 1.82) is 0 Å². The number of aromatic nitrogens is 1. The van der Waals surface area contributed by atoms with Crippen LogP contribution in [0.25, 0.3) is 10.9 Å². The fraction of sp³-hybridized carbons (Fsp3) is 0.308. The number of carbonyl (C=O) groups is 1. The number of nitrogens with zero attached hydrogens (tertiary/aromatic N) is 1. The van der Waals surface area contributed by atoms with Crippen LogP contribution in [0.2, 0.25) is 0 Å². The van der Waals surface area contributed by atoms with E-state index in [9.17, 15) is 9.90 Å². The number of hydrogen-bond donors (Lipinski definition) is 2. The molecule has 0 spiro atoms. The molecule has 1 heterocycles. The summed E-state index contributed by atoms with van der Waals surface area (Å²) in [4.78, 5) is 10.8. The fourth-order valence-electron chi connectivity index (χ4n) is 2.05. The Balaban J connectivity index is 2.66. The van der Waals surface area contributed by atoms with E-state index >= 15 is 0 Å². The van der Waals surface area contributed by atoms with E-state index < -0.39 is 12.1 Å². The summed E-state index contributed by atoms with van der Waals surface area (Å²) in [6, 6.07) is 5.79. The highest BCUT2D eigenvalue weighted by Crippen LogP contribution is 2.27. The molecule has 17 heavy (non-hydrogen) atoms. The molecule has 4 nitrogen and oxygen atoms in total. The highest BCUT2D eigenvalue weighted by atomic mass is 16.4. The molecule has 90 valence electrons. The lowest BCUT2D eigenvalue weighted by atomic mass is 10.1. The molecule has 0 amide bonds. The van der Waals surface area contributed by atoms with Crippen LogP contribution in [0, 0.1) is 6.92 Å². The van der Waals surface area contributed by atoms with E-state index in [2.05, 4.69) is 0 Å². The van der Waals surface area contributed by atoms with E-state index in [0.29, 0.717) is 0 Å². The predicted molar refractivity (Wildman–Crippen MR) is 64.9 cm³/mol. The highest BCUT2D eigenvalue weighted by molar-refractivity contribution is 5.86. The van der Waals surface area contributed by atoms with Gasteiger partial charge in [-0.2, -0.15) is 0 Å². The minimum Gasteiger partial charge on any atom is -0.480 e. The summed E-state index contributed by atoms with van der Waals surface area (Å²) in [6.07, 6.45) is 1.11. The molecule has 1 aromatic carbocycles. The third-order valence-electron chi connectivity index (χ3n) is 2.82. The SMILES string of the molecule is Cc1ccc2c(c1)c(C(C)O)cn2CC(=O)O. The van der Waals surface area contributed by atoms with Gasteiger partial charge in [-0.25, -0.2) is 0 Å². The topological polar surface area (TPSA) is 62.5 Å². The number of aryl methyl sites for hydroxylation is 1. The summed E-state index contributed by atoms with van der Waals surface area (Å²) in [5.74, 6) is -0.889. The van der Waals surface area contributed by atoms with Crippen molar-refractivity contribution in [3.63, 3.8) is 0 Å². The zero-order valence-corrected chi connectivity index (χ0v) is 9.84. The molecule has 0 saturated carbocycles. The molecule has 2 N–H and O–H groups in total. The molecule has 0 aliphatic heterocycles. The third-order valence-corrected chi connectivity index (χ3v) is 2.82. The Hall–Kier alpha value is -1.81. The van der Waals surface area contributed by atoms with E-state index in [1.165, 1.54) is 0 Å². The first-order valence-corrected chi connectivity index (χ1v) is 5.48. The summed E-state index contributed by atoms with van der Waals surface area (Å²) in [6.45, 7) is 3.56. The minimum atomic E-state index is -0.889. The molecular weight excluding hydrogens is 218 g/mol. The average Bonchev–Trinajstić information content (AvgIpc) is 2.55. The maximum absolute atomic E-state index is 10.8. The largest absolute Gasteiger partial charge is 0.480 e. The van der Waals surface area contributed by atoms with Gasteiger partial charge in [0.1, 0.15) is 6.54 Å². The van der Waals surface area contributed by atoms with E-state index in [0.717, 1.165) is 22.0 Å². The van der Waals surface area contributed by atoms with Gasteiger partial charge >= 0.3 is 5.97 Å². The number of aliphatic hydroxyl groups is 1. The molecule has 4 heteroatoms. The van der Waals surface area contributed by atoms with Crippen molar-refractivity contribution >= 4 is 16.9 Å². The quantitative estimate of drug-likeness (QED) is 0.853. The summed E-state index contributed by atoms with van der Waals surface area (Å²) in [5, 5.41) is 19.5. The van der Waals surface area contributed by atoms with Crippen molar-refractivity contribution in [3.05, 3.63) is 35.5 Å². The van der Waals surface area contributed by atoms with Crippen LogP contribution in [0.15, 0.2) is 24.4 Å². The molecule has 2 rings (SSSR count). The Bertz CT molecular complexity index is 569. The van der Waals surface area contributed by atoms with E-state index in [1.807, 2.05) is 25.1 Å². The maximum Gasteiger partial charge on any atom is 0.323 e. The molecule has 1 atom stereocenters. The van der Waals surface area contributed by atoms with Crippen LogP contribution in [0.3, 0.4) is 0 Å². The second kappa shape index (κ2) is 4.22. The van der Waals surface area contributed by atoms with Crippen molar-refractivity contribution in [2.24, 2.45) is 0 Å². The zero-order chi connectivity index (χ0) is 12.6. The summed E-state index contributed by atoms with van der Waals surface area (Å²) >= 11 is 0. The van der Waals surface area contributed by atoms with Crippen molar-refractivity contribution in [1.82, 2.24) is 4.57 Å². The number of aliphatic hydroxyl groups excluding tert-OH is 1. The molecule has 1 unspecified atom stereocenters. The number of aliphatic carboxylic acids is 1. The Kier molecular flexibility index (Phi) is 2.90. The predicted octanol–water partition coefficient (Wildman–Crippen LogP) is 2.09. The van der Waals surface area contributed by atoms with Crippen LogP contribution >= 0.6 is 0 Å². The molecule has 0 bridgehead atoms. The number of fused-ring (bicyclic) bond motifs is 1. The van der Waals surface area contributed by atoms with Crippen molar-refractivity contribution in [3.8, 4) is 0 Å². The van der Waals surface area contributed by atoms with E-state index in [1.54, 1.807) is 17.7 Å². The molecule has 0 fully saturated rings. The molecule has 1 aromatic heterocycles. The highest BCUT2D eigenvalue weighted by Gasteiger charge is 2.13. The molecule has 0 radical (unpaired) electrons. The molecule has 2 aromatic rings. The van der Waals surface area contributed by atoms with Crippen LogP contribution in [0.1, 0.15) is 24.2 Å². The number of benzene rings is 1. The monoisotopic (exact) mass is 233 g/mol. The number of carboxylic acid groups (broad SMARTS) is 1. The Morgan fingerprint density at radius 1 is 1.47 bits per heavy atom. The first kappa shape index (κ1) is 11.7. The van der Waals surface area contributed by atoms with Gasteiger partial charge in [0.2, 0.25) is 0 Å². The van der Waals surface area contributed by atoms with Gasteiger partial charge in [-0.05, 0) is 26.0 Å². The minimum absolute atomic E-state index is 0.0910. The first-order valence-electron chi connectivity index (χ1n) is 5.48. The van der Waals surface area contributed by atoms with Gasteiger partial charge in [-0.1, -0.05) is 11.6 Å². The Morgan fingerprint density at radius 3 is 2.76 bits per heavy atom. The zero-order valence-electron chi connectivity index (χ0n) is 9.84. The normalized spacial score (nSPS) is 12.9. The summed E-state index contributed by atoms with van der Waals surface area (Å²) in [7, 11) is 0. The Morgan fingerprint density at radius 2 is 2.18 bits per heavy atom. The van der Waals surface area contributed by atoms with Gasteiger partial charge in [-0.3, -0.25) is 4.79 Å². The van der Waals surface area contributed by atoms with Crippen LogP contribution in [0.5, 0.6) is 0 Å². The molecule has 0 aliphatic rings. The van der Waals surface area contributed by atoms with Gasteiger partial charge in [0, 0.05) is 22.7 Å². The Labute approximate surface area is 99.1 Å². The van der Waals surface area contributed by atoms with E-state index in [-0.39, 0.29) is 6.54 Å². The second-order valence-electron chi connectivity index (χ2n) is 4.30. The van der Waals surface area contributed by atoms with Gasteiger partial charge in [0.05, 0.1) is 6.10 Å². The number of hydrogen-bond acceptors (Lipinski definition) is 2. The van der Waals surface area contributed by atoms with Gasteiger partial charge < -0.3 is 14.8 Å². The van der Waals surface area contributed by atoms with Crippen LogP contribution in [-0.2, 0) is 11.3 Å². The first-order chi connectivity index (χ1) is 7.99. The van der Waals surface area contributed by atoms with Gasteiger partial charge in [0.15, 0.2) is 0 Å². The van der Waals surface area contributed by atoms with Gasteiger partial charge in [-0.15, -0.1) is 0 Å². The standard InChI is InChI=1S/C13H15NO3/c1-8-3-4-12-10(5-8)11(9(2)15)6-14(12)7-13(16)17/h3-6,9,15H,7H2,1-2H3,(H,16,17). The van der Waals surface area contributed by atoms with Crippen molar-refractivity contribution in [2.75, 3.05) is 0 Å². The smallest absolute Gasteiger partial charge is 0.323 e. The lowest BCUT2D eigenvalue weighted by molar-refractivity contribution is -0.137. The van der Waals surface area contributed by atoms with Crippen LogP contribution < -0.4 is 0 Å². The van der Waals surface area contributed by atoms with Crippen molar-refractivity contribution in [2.45, 2.75) is 26.5 Å². The average molecular weight is 233 g/mol. The number of carboxylic acids is 1. The molecule has 0 aliphatic carbocycles. The maximum atomic E-state index is 10.8. The fourth-order valence-corrected chi connectivity index (χ4v) is 2.05. The second-order valence-corrected chi connectivity index (χ2v) is 4.30. The van der Waals surface area contributed by atoms with Crippen LogP contribution in [0.4, 0.5) is 0 Å². The summed E-state index contributed by atoms with van der Waals surface area (Å²) in [5.41, 5.74) is 2.70. The lowest BCUT2D eigenvalue weighted by Crippen LogP contribution is -2.07. The molecule has 0 saturated heterocycles. The summed E-state index contributed by atoms with van der Waals surface area (Å²) < 4.78 is 1.65. The third kappa shape index (κ3) is 2.17.